The van der Waals surface area contributed by atoms with E-state index in [-0.39, 0.29) is 25.6 Å². The topological polar surface area (TPSA) is 108 Å². The third kappa shape index (κ3) is 59.2. The molecule has 0 rings (SSSR count). The summed E-state index contributed by atoms with van der Waals surface area (Å²) in [5.74, 6) is -0.794. The Hall–Kier alpha value is -2.03. The van der Waals surface area contributed by atoms with E-state index < -0.39 is 26.5 Å². The average Bonchev–Trinajstić information content (AvgIpc) is 3.36. The molecule has 0 heterocycles. The van der Waals surface area contributed by atoms with Gasteiger partial charge in [0.25, 0.3) is 0 Å². The fourth-order valence-electron chi connectivity index (χ4n) is 9.07. The Balaban J connectivity index is 4.06. The van der Waals surface area contributed by atoms with E-state index in [1.165, 1.54) is 193 Å². The summed E-state index contributed by atoms with van der Waals surface area (Å²) in [6, 6.07) is 0. The predicted octanol–water partition coefficient (Wildman–Crippen LogP) is 19.7. The Morgan fingerprint density at radius 3 is 1.15 bits per heavy atom. The van der Waals surface area contributed by atoms with Crippen molar-refractivity contribution in [1.29, 1.82) is 0 Å². The van der Waals surface area contributed by atoms with Crippen LogP contribution in [0.1, 0.15) is 296 Å². The van der Waals surface area contributed by atoms with E-state index in [0.717, 1.165) is 70.6 Å². The minimum absolute atomic E-state index is 0.0302. The molecule has 0 aromatic carbocycles. The maximum absolute atomic E-state index is 12.8. The lowest BCUT2D eigenvalue weighted by atomic mass is 10.0. The number of hydrogen-bond donors (Lipinski definition) is 1. The van der Waals surface area contributed by atoms with E-state index in [1.807, 2.05) is 21.1 Å². The number of rotatable bonds is 58. The van der Waals surface area contributed by atoms with Crippen molar-refractivity contribution in [3.63, 3.8) is 0 Å². The van der Waals surface area contributed by atoms with E-state index in [0.29, 0.717) is 23.9 Å². The van der Waals surface area contributed by atoms with Gasteiger partial charge in [-0.2, -0.15) is 0 Å². The molecule has 0 fully saturated rings. The first-order valence-corrected chi connectivity index (χ1v) is 32.9. The van der Waals surface area contributed by atoms with Gasteiger partial charge in [0.1, 0.15) is 19.8 Å². The highest BCUT2D eigenvalue weighted by molar-refractivity contribution is 7.47. The monoisotopic (exact) mass is 1060 g/mol. The van der Waals surface area contributed by atoms with Crippen LogP contribution in [-0.4, -0.2) is 74.9 Å². The molecular formula is C64H121NO8P+. The van der Waals surface area contributed by atoms with Crippen molar-refractivity contribution in [2.75, 3.05) is 47.5 Å². The zero-order valence-electron chi connectivity index (χ0n) is 49.3. The number of allylic oxidation sites excluding steroid dienone is 8. The number of carbonyl (C=O) groups excluding carboxylic acids is 2. The first-order chi connectivity index (χ1) is 36.0. The third-order valence-electron chi connectivity index (χ3n) is 13.9. The van der Waals surface area contributed by atoms with Gasteiger partial charge in [-0.3, -0.25) is 18.6 Å². The number of phosphoric ester groups is 1. The summed E-state index contributed by atoms with van der Waals surface area (Å²) in [6.45, 7) is 4.36. The number of unbranched alkanes of at least 4 members (excludes halogenated alkanes) is 36. The molecule has 0 aliphatic rings. The second kappa shape index (κ2) is 55.7. The number of nitrogens with zero attached hydrogens (tertiary/aromatic N) is 1. The van der Waals surface area contributed by atoms with Crippen molar-refractivity contribution in [2.24, 2.45) is 0 Å². The van der Waals surface area contributed by atoms with Gasteiger partial charge in [0.2, 0.25) is 0 Å². The van der Waals surface area contributed by atoms with Gasteiger partial charge in [-0.1, -0.05) is 281 Å². The van der Waals surface area contributed by atoms with Gasteiger partial charge in [0, 0.05) is 12.8 Å². The molecule has 10 heteroatoms. The number of carbonyl (C=O) groups is 2. The maximum atomic E-state index is 12.8. The Labute approximate surface area is 458 Å². The van der Waals surface area contributed by atoms with Crippen molar-refractivity contribution in [1.82, 2.24) is 0 Å². The molecule has 0 saturated carbocycles. The van der Waals surface area contributed by atoms with Gasteiger partial charge in [-0.25, -0.2) is 4.57 Å². The molecule has 434 valence electrons. The van der Waals surface area contributed by atoms with Crippen molar-refractivity contribution >= 4 is 19.8 Å². The van der Waals surface area contributed by atoms with Crippen LogP contribution in [-0.2, 0) is 32.7 Å². The van der Waals surface area contributed by atoms with Crippen LogP contribution >= 0.6 is 7.82 Å². The summed E-state index contributed by atoms with van der Waals surface area (Å²) in [7, 11) is 1.48. The summed E-state index contributed by atoms with van der Waals surface area (Å²) in [4.78, 5) is 35.7. The van der Waals surface area contributed by atoms with Crippen LogP contribution < -0.4 is 0 Å². The highest BCUT2D eigenvalue weighted by Gasteiger charge is 2.27. The maximum Gasteiger partial charge on any atom is 0.472 e. The van der Waals surface area contributed by atoms with E-state index >= 15 is 0 Å². The lowest BCUT2D eigenvalue weighted by Gasteiger charge is -2.24. The lowest BCUT2D eigenvalue weighted by molar-refractivity contribution is -0.870. The van der Waals surface area contributed by atoms with Crippen LogP contribution in [0.25, 0.3) is 0 Å². The standard InChI is InChI=1S/C64H120NO8P/c1-6-8-10-12-14-16-18-20-22-24-26-28-29-30-31-32-33-34-35-37-38-40-42-44-46-48-50-52-54-56-63(66)70-60-62(61-72-74(68,69)71-59-58-65(3,4)5)73-64(67)57-55-53-51-49-47-45-43-41-39-36-27-25-23-21-19-17-15-13-11-9-7-2/h9,11,15,17,21,23,27,36,62H,6-8,10,12-14,16,18-20,22,24-26,28-35,37-61H2,1-5H3/p+1/b11-9-,17-15-,23-21-,36-27-. The summed E-state index contributed by atoms with van der Waals surface area (Å²) >= 11 is 0. The number of esters is 2. The third-order valence-corrected chi connectivity index (χ3v) is 14.9. The van der Waals surface area contributed by atoms with E-state index in [1.54, 1.807) is 0 Å². The molecule has 2 atom stereocenters. The number of hydrogen-bond acceptors (Lipinski definition) is 7. The normalized spacial score (nSPS) is 13.5. The van der Waals surface area contributed by atoms with Crippen LogP contribution in [0.15, 0.2) is 48.6 Å². The molecule has 0 aromatic heterocycles. The molecule has 0 aliphatic carbocycles. The average molecular weight is 1060 g/mol. The Morgan fingerprint density at radius 2 is 0.770 bits per heavy atom. The van der Waals surface area contributed by atoms with Crippen molar-refractivity contribution in [3.8, 4) is 0 Å². The quantitative estimate of drug-likeness (QED) is 0.0211. The van der Waals surface area contributed by atoms with E-state index in [9.17, 15) is 19.0 Å². The molecule has 0 spiro atoms. The molecule has 0 aliphatic heterocycles. The highest BCUT2D eigenvalue weighted by Crippen LogP contribution is 2.43. The molecule has 0 radical (unpaired) electrons. The van der Waals surface area contributed by atoms with Gasteiger partial charge in [0.15, 0.2) is 6.10 Å². The number of ether oxygens (including phenoxy) is 2. The second-order valence-corrected chi connectivity index (χ2v) is 23.9. The van der Waals surface area contributed by atoms with Crippen LogP contribution in [0, 0.1) is 0 Å². The second-order valence-electron chi connectivity index (χ2n) is 22.4. The highest BCUT2D eigenvalue weighted by atomic mass is 31.2. The van der Waals surface area contributed by atoms with Crippen LogP contribution in [0.5, 0.6) is 0 Å². The van der Waals surface area contributed by atoms with Crippen molar-refractivity contribution < 1.29 is 42.1 Å². The summed E-state index contributed by atoms with van der Waals surface area (Å²) in [5, 5.41) is 0. The van der Waals surface area contributed by atoms with Gasteiger partial charge in [-0.15, -0.1) is 0 Å². The van der Waals surface area contributed by atoms with Gasteiger partial charge < -0.3 is 18.9 Å². The van der Waals surface area contributed by atoms with Crippen molar-refractivity contribution in [3.05, 3.63) is 48.6 Å². The zero-order valence-corrected chi connectivity index (χ0v) is 50.2. The molecule has 9 nitrogen and oxygen atoms in total. The summed E-state index contributed by atoms with van der Waals surface area (Å²) < 4.78 is 34.6. The molecule has 0 amide bonds. The fourth-order valence-corrected chi connectivity index (χ4v) is 9.81. The summed E-state index contributed by atoms with van der Waals surface area (Å²) in [5.41, 5.74) is 0. The number of likely N-dealkylation sites (N-methyl/N-ethyl adjacent to an activating group) is 1. The first kappa shape index (κ1) is 72.0. The SMILES string of the molecule is CC/C=C\C/C=C\C/C=C\C/C=C\CCCCCCCCCCC(=O)OC(COC(=O)CCCCCCCCCCCCCCCCCCCCCCCCCCCCCCC)COP(=O)(O)OCC[N+](C)(C)C. The van der Waals surface area contributed by atoms with Crippen LogP contribution in [0.2, 0.25) is 0 Å². The van der Waals surface area contributed by atoms with Gasteiger partial charge >= 0.3 is 19.8 Å². The van der Waals surface area contributed by atoms with Gasteiger partial charge in [0.05, 0.1) is 27.7 Å². The van der Waals surface area contributed by atoms with Crippen molar-refractivity contribution in [2.45, 2.75) is 302 Å². The molecule has 0 bridgehead atoms. The number of phosphoric acid groups is 1. The lowest BCUT2D eigenvalue weighted by Crippen LogP contribution is -2.37. The van der Waals surface area contributed by atoms with E-state index in [4.69, 9.17) is 18.5 Å². The molecular weight excluding hydrogens is 942 g/mol. The Morgan fingerprint density at radius 1 is 0.432 bits per heavy atom. The van der Waals surface area contributed by atoms with E-state index in [2.05, 4.69) is 62.5 Å². The summed E-state index contributed by atoms with van der Waals surface area (Å²) in [6.07, 6.45) is 70.6. The molecule has 74 heavy (non-hydrogen) atoms. The first-order valence-electron chi connectivity index (χ1n) is 31.4. The molecule has 2 unspecified atom stereocenters. The fraction of sp³-hybridized carbons (Fsp3) is 0.844. The minimum Gasteiger partial charge on any atom is -0.462 e. The smallest absolute Gasteiger partial charge is 0.462 e. The minimum atomic E-state index is -4.39. The number of quaternary nitrogens is 1. The van der Waals surface area contributed by atoms with Crippen LogP contribution in [0.3, 0.4) is 0 Å². The molecule has 0 saturated heterocycles. The predicted molar refractivity (Wildman–Crippen MR) is 317 cm³/mol. The zero-order chi connectivity index (χ0) is 54.2. The Kier molecular flexibility index (Phi) is 54.2. The van der Waals surface area contributed by atoms with Gasteiger partial charge in [-0.05, 0) is 51.4 Å². The Bertz CT molecular complexity index is 1390. The molecule has 0 aromatic rings. The molecule has 1 N–H and O–H groups in total. The van der Waals surface area contributed by atoms with Crippen LogP contribution in [0.4, 0.5) is 0 Å². The largest absolute Gasteiger partial charge is 0.472 e.